The largest absolute Gasteiger partial charge is 0.365 e. The van der Waals surface area contributed by atoms with Crippen LogP contribution in [0.4, 0.5) is 0 Å². The molecule has 3 fully saturated rings. The fourth-order valence-corrected chi connectivity index (χ4v) is 4.73. The lowest BCUT2D eigenvalue weighted by molar-refractivity contribution is -0.245. The lowest BCUT2D eigenvalue weighted by Crippen LogP contribution is -2.61. The third kappa shape index (κ3) is 1.33. The van der Waals surface area contributed by atoms with E-state index in [1.54, 1.807) is 6.08 Å². The molecule has 4 rings (SSSR count). The molecule has 3 aliphatic heterocycles. The zero-order chi connectivity index (χ0) is 13.3. The molecule has 4 atom stereocenters. The number of hydrogen-bond acceptors (Lipinski definition) is 4. The third-order valence-electron chi connectivity index (χ3n) is 5.43. The fraction of sp³-hybridized carbons (Fsp3) is 0.786. The predicted octanol–water partition coefficient (Wildman–Crippen LogP) is 0.515. The molecule has 5 nitrogen and oxygen atoms in total. The highest BCUT2D eigenvalue weighted by Gasteiger charge is 2.64. The van der Waals surface area contributed by atoms with Gasteiger partial charge < -0.3 is 19.8 Å². The van der Waals surface area contributed by atoms with Crippen LogP contribution in [-0.2, 0) is 9.53 Å². The monoisotopic (exact) mass is 265 g/mol. The number of aliphatic hydroxyl groups excluding tert-OH is 1. The number of amides is 1. The lowest BCUT2D eigenvalue weighted by atomic mass is 9.65. The summed E-state index contributed by atoms with van der Waals surface area (Å²) in [5.41, 5.74) is 0.356. The number of piperidine rings is 1. The van der Waals surface area contributed by atoms with E-state index in [4.69, 9.17) is 4.74 Å². The van der Waals surface area contributed by atoms with E-state index in [0.717, 1.165) is 31.3 Å². The van der Waals surface area contributed by atoms with Crippen molar-refractivity contribution in [3.05, 3.63) is 11.6 Å². The first-order valence-corrected chi connectivity index (χ1v) is 7.18. The molecule has 0 bridgehead atoms. The topological polar surface area (TPSA) is 70.0 Å². The standard InChI is InChI=1S/C14H19NO4/c16-11-7-9-3-1-2-4-13(9)10-8-12(17)19-14(10,18)5-6-15(11)13/h8-9,12,17-18H,1-7H2/t9-,12+,13-,14+/m0/s1. The Morgan fingerprint density at radius 2 is 2.21 bits per heavy atom. The minimum Gasteiger partial charge on any atom is -0.365 e. The van der Waals surface area contributed by atoms with Crippen molar-refractivity contribution in [3.8, 4) is 0 Å². The molecule has 104 valence electrons. The Bertz CT molecular complexity index is 476. The molecule has 0 aromatic heterocycles. The van der Waals surface area contributed by atoms with E-state index in [2.05, 4.69) is 0 Å². The summed E-state index contributed by atoms with van der Waals surface area (Å²) in [6, 6.07) is 0. The number of carbonyl (C=O) groups is 1. The summed E-state index contributed by atoms with van der Waals surface area (Å²) in [6.45, 7) is 0.524. The highest BCUT2D eigenvalue weighted by atomic mass is 16.7. The summed E-state index contributed by atoms with van der Waals surface area (Å²) in [5.74, 6) is -0.909. The molecule has 1 amide bonds. The van der Waals surface area contributed by atoms with Crippen molar-refractivity contribution in [3.63, 3.8) is 0 Å². The zero-order valence-corrected chi connectivity index (χ0v) is 10.8. The van der Waals surface area contributed by atoms with Gasteiger partial charge in [-0.15, -0.1) is 0 Å². The first kappa shape index (κ1) is 11.9. The molecule has 2 N–H and O–H groups in total. The Balaban J connectivity index is 1.87. The number of rotatable bonds is 0. The highest BCUT2D eigenvalue weighted by molar-refractivity contribution is 5.82. The van der Waals surface area contributed by atoms with E-state index in [-0.39, 0.29) is 17.4 Å². The number of aliphatic hydroxyl groups is 2. The van der Waals surface area contributed by atoms with E-state index in [0.29, 0.717) is 19.4 Å². The Kier molecular flexibility index (Phi) is 2.25. The molecular weight excluding hydrogens is 246 g/mol. The molecule has 1 aliphatic carbocycles. The number of carbonyl (C=O) groups excluding carboxylic acids is 1. The molecule has 0 unspecified atom stereocenters. The van der Waals surface area contributed by atoms with Crippen molar-refractivity contribution in [1.82, 2.24) is 4.90 Å². The minimum absolute atomic E-state index is 0.191. The normalized spacial score (nSPS) is 48.6. The summed E-state index contributed by atoms with van der Waals surface area (Å²) >= 11 is 0. The molecule has 1 saturated carbocycles. The molecule has 1 spiro atoms. The first-order valence-electron chi connectivity index (χ1n) is 7.18. The van der Waals surface area contributed by atoms with E-state index in [1.165, 1.54) is 0 Å². The van der Waals surface area contributed by atoms with Gasteiger partial charge in [0.1, 0.15) is 0 Å². The Labute approximate surface area is 111 Å². The van der Waals surface area contributed by atoms with Crippen molar-refractivity contribution in [1.29, 1.82) is 0 Å². The molecule has 3 heterocycles. The van der Waals surface area contributed by atoms with E-state index >= 15 is 0 Å². The van der Waals surface area contributed by atoms with E-state index < -0.39 is 12.1 Å². The van der Waals surface area contributed by atoms with Crippen molar-refractivity contribution in [2.45, 2.75) is 56.1 Å². The van der Waals surface area contributed by atoms with Gasteiger partial charge in [0.05, 0.1) is 5.54 Å². The molecule has 0 aromatic carbocycles. The van der Waals surface area contributed by atoms with Crippen LogP contribution in [0, 0.1) is 5.92 Å². The van der Waals surface area contributed by atoms with Gasteiger partial charge in [0.2, 0.25) is 5.91 Å². The average molecular weight is 265 g/mol. The molecule has 5 heteroatoms. The van der Waals surface area contributed by atoms with Gasteiger partial charge >= 0.3 is 0 Å². The van der Waals surface area contributed by atoms with Crippen LogP contribution in [0.2, 0.25) is 0 Å². The zero-order valence-electron chi connectivity index (χ0n) is 10.8. The smallest absolute Gasteiger partial charge is 0.223 e. The summed E-state index contributed by atoms with van der Waals surface area (Å²) in [5, 5.41) is 20.4. The molecule has 4 aliphatic rings. The molecule has 2 saturated heterocycles. The van der Waals surface area contributed by atoms with Crippen molar-refractivity contribution < 1.29 is 19.7 Å². The summed E-state index contributed by atoms with van der Waals surface area (Å²) in [4.78, 5) is 14.2. The summed E-state index contributed by atoms with van der Waals surface area (Å²) < 4.78 is 5.32. The SMILES string of the molecule is O=C1C[C@@H]2CCCC[C@@]23C2=C[C@H](O)O[C@]2(O)CCN13. The lowest BCUT2D eigenvalue weighted by Gasteiger charge is -2.53. The summed E-state index contributed by atoms with van der Waals surface area (Å²) in [6.07, 6.45) is 5.61. The Morgan fingerprint density at radius 3 is 3.05 bits per heavy atom. The van der Waals surface area contributed by atoms with Crippen LogP contribution in [0.25, 0.3) is 0 Å². The van der Waals surface area contributed by atoms with Crippen LogP contribution in [-0.4, -0.2) is 45.2 Å². The van der Waals surface area contributed by atoms with Gasteiger partial charge in [-0.05, 0) is 24.8 Å². The van der Waals surface area contributed by atoms with Gasteiger partial charge in [-0.3, -0.25) is 4.79 Å². The molecule has 0 aromatic rings. The van der Waals surface area contributed by atoms with Gasteiger partial charge in [-0.25, -0.2) is 0 Å². The van der Waals surface area contributed by atoms with Crippen LogP contribution in [0.15, 0.2) is 11.6 Å². The number of hydrogen-bond donors (Lipinski definition) is 2. The second-order valence-electron chi connectivity index (χ2n) is 6.24. The van der Waals surface area contributed by atoms with Crippen LogP contribution in [0.5, 0.6) is 0 Å². The Morgan fingerprint density at radius 1 is 1.37 bits per heavy atom. The Hall–Kier alpha value is -0.910. The predicted molar refractivity (Wildman–Crippen MR) is 65.8 cm³/mol. The highest BCUT2D eigenvalue weighted by Crippen LogP contribution is 2.57. The average Bonchev–Trinajstić information content (AvgIpc) is 2.82. The van der Waals surface area contributed by atoms with Gasteiger partial charge in [0.25, 0.3) is 0 Å². The minimum atomic E-state index is -1.36. The van der Waals surface area contributed by atoms with Crippen molar-refractivity contribution in [2.24, 2.45) is 5.92 Å². The fourth-order valence-electron chi connectivity index (χ4n) is 4.73. The van der Waals surface area contributed by atoms with Crippen LogP contribution in [0.3, 0.4) is 0 Å². The van der Waals surface area contributed by atoms with Crippen LogP contribution in [0.1, 0.15) is 38.5 Å². The van der Waals surface area contributed by atoms with Crippen LogP contribution >= 0.6 is 0 Å². The molecular formula is C14H19NO4. The number of fused-ring (bicyclic) bond motifs is 1. The van der Waals surface area contributed by atoms with E-state index in [9.17, 15) is 15.0 Å². The van der Waals surface area contributed by atoms with Gasteiger partial charge in [0, 0.05) is 25.0 Å². The molecule has 0 radical (unpaired) electrons. The quantitative estimate of drug-likeness (QED) is 0.626. The van der Waals surface area contributed by atoms with Crippen molar-refractivity contribution in [2.75, 3.05) is 6.54 Å². The van der Waals surface area contributed by atoms with E-state index in [1.807, 2.05) is 4.90 Å². The maximum atomic E-state index is 12.3. The van der Waals surface area contributed by atoms with Gasteiger partial charge in [-0.2, -0.15) is 0 Å². The number of nitrogens with zero attached hydrogens (tertiary/aromatic N) is 1. The first-order chi connectivity index (χ1) is 9.06. The maximum absolute atomic E-state index is 12.3. The third-order valence-corrected chi connectivity index (χ3v) is 5.43. The second-order valence-corrected chi connectivity index (χ2v) is 6.24. The molecule has 19 heavy (non-hydrogen) atoms. The maximum Gasteiger partial charge on any atom is 0.223 e. The van der Waals surface area contributed by atoms with Gasteiger partial charge in [0.15, 0.2) is 12.1 Å². The second kappa shape index (κ2) is 3.59. The van der Waals surface area contributed by atoms with Crippen molar-refractivity contribution >= 4 is 5.91 Å². The van der Waals surface area contributed by atoms with Crippen LogP contribution < -0.4 is 0 Å². The number of ether oxygens (including phenoxy) is 1. The van der Waals surface area contributed by atoms with Gasteiger partial charge in [-0.1, -0.05) is 12.8 Å². The summed E-state index contributed by atoms with van der Waals surface area (Å²) in [7, 11) is 0.